The number of hydrogen-bond acceptors (Lipinski definition) is 2. The molecular formula is C17H29NO. The number of methoxy groups -OCH3 is 1. The zero-order valence-corrected chi connectivity index (χ0v) is 13.3. The van der Waals surface area contributed by atoms with Crippen LogP contribution in [0.5, 0.6) is 5.75 Å². The van der Waals surface area contributed by atoms with Crippen molar-refractivity contribution in [2.75, 3.05) is 20.2 Å². The topological polar surface area (TPSA) is 21.3 Å². The second kappa shape index (κ2) is 7.54. The van der Waals surface area contributed by atoms with Gasteiger partial charge in [0, 0.05) is 0 Å². The third-order valence-electron chi connectivity index (χ3n) is 3.39. The molecule has 1 atom stereocenters. The van der Waals surface area contributed by atoms with E-state index in [9.17, 15) is 0 Å². The third-order valence-corrected chi connectivity index (χ3v) is 3.39. The Bertz CT molecular complexity index is 398. The summed E-state index contributed by atoms with van der Waals surface area (Å²) in [6, 6.07) is 4.38. The molecule has 1 unspecified atom stereocenters. The van der Waals surface area contributed by atoms with Gasteiger partial charge in [-0.3, -0.25) is 0 Å². The lowest BCUT2D eigenvalue weighted by molar-refractivity contribution is 0.401. The lowest BCUT2D eigenvalue weighted by Crippen LogP contribution is -2.26. The van der Waals surface area contributed by atoms with Crippen LogP contribution in [0.2, 0.25) is 0 Å². The van der Waals surface area contributed by atoms with Crippen LogP contribution in [0.25, 0.3) is 0 Å². The fourth-order valence-corrected chi connectivity index (χ4v) is 2.44. The van der Waals surface area contributed by atoms with Crippen LogP contribution in [0.3, 0.4) is 0 Å². The van der Waals surface area contributed by atoms with Crippen molar-refractivity contribution in [2.45, 2.75) is 41.0 Å². The molecule has 0 saturated heterocycles. The van der Waals surface area contributed by atoms with E-state index >= 15 is 0 Å². The summed E-state index contributed by atoms with van der Waals surface area (Å²) in [6.07, 6.45) is 1.07. The summed E-state index contributed by atoms with van der Waals surface area (Å²) in [4.78, 5) is 0. The maximum Gasteiger partial charge on any atom is 0.122 e. The normalized spacial score (nSPS) is 12.8. The number of hydrogen-bond donors (Lipinski definition) is 1. The molecule has 0 spiro atoms. The predicted molar refractivity (Wildman–Crippen MR) is 83.0 cm³/mol. The SMILES string of the molecule is COc1cc(C)cc(C)c1CC(C)CNCC(C)C. The van der Waals surface area contributed by atoms with E-state index in [2.05, 4.69) is 52.1 Å². The van der Waals surface area contributed by atoms with Crippen molar-refractivity contribution in [3.63, 3.8) is 0 Å². The molecule has 108 valence electrons. The van der Waals surface area contributed by atoms with Gasteiger partial charge in [-0.05, 0) is 68.0 Å². The Morgan fingerprint density at radius 2 is 1.79 bits per heavy atom. The zero-order valence-electron chi connectivity index (χ0n) is 13.3. The first-order chi connectivity index (χ1) is 8.93. The van der Waals surface area contributed by atoms with Crippen molar-refractivity contribution in [3.8, 4) is 5.75 Å². The standard InChI is InChI=1S/C17H29NO/c1-12(2)10-18-11-14(4)8-16-15(5)7-13(3)9-17(16)19-6/h7,9,12,14,18H,8,10-11H2,1-6H3. The van der Waals surface area contributed by atoms with Gasteiger partial charge < -0.3 is 10.1 Å². The van der Waals surface area contributed by atoms with E-state index in [4.69, 9.17) is 4.74 Å². The molecule has 2 nitrogen and oxygen atoms in total. The smallest absolute Gasteiger partial charge is 0.122 e. The molecule has 1 rings (SSSR count). The quantitative estimate of drug-likeness (QED) is 0.809. The lowest BCUT2D eigenvalue weighted by atomic mass is 9.95. The molecule has 0 heterocycles. The Morgan fingerprint density at radius 1 is 1.11 bits per heavy atom. The monoisotopic (exact) mass is 263 g/mol. The van der Waals surface area contributed by atoms with Gasteiger partial charge in [-0.25, -0.2) is 0 Å². The van der Waals surface area contributed by atoms with E-state index in [0.717, 1.165) is 25.3 Å². The molecule has 19 heavy (non-hydrogen) atoms. The fraction of sp³-hybridized carbons (Fsp3) is 0.647. The van der Waals surface area contributed by atoms with Crippen molar-refractivity contribution in [1.82, 2.24) is 5.32 Å². The molecule has 0 saturated carbocycles. The fourth-order valence-electron chi connectivity index (χ4n) is 2.44. The highest BCUT2D eigenvalue weighted by atomic mass is 16.5. The van der Waals surface area contributed by atoms with Crippen LogP contribution in [-0.4, -0.2) is 20.2 Å². The highest BCUT2D eigenvalue weighted by Crippen LogP contribution is 2.26. The lowest BCUT2D eigenvalue weighted by Gasteiger charge is -2.18. The van der Waals surface area contributed by atoms with Crippen molar-refractivity contribution in [1.29, 1.82) is 0 Å². The Morgan fingerprint density at radius 3 is 2.37 bits per heavy atom. The molecule has 1 aromatic rings. The first kappa shape index (κ1) is 16.0. The highest BCUT2D eigenvalue weighted by Gasteiger charge is 2.12. The molecule has 1 N–H and O–H groups in total. The highest BCUT2D eigenvalue weighted by molar-refractivity contribution is 5.43. The molecule has 0 aliphatic heterocycles. The van der Waals surface area contributed by atoms with Crippen LogP contribution in [0.15, 0.2) is 12.1 Å². The number of benzene rings is 1. The molecular weight excluding hydrogens is 234 g/mol. The first-order valence-corrected chi connectivity index (χ1v) is 7.28. The minimum atomic E-state index is 0.619. The van der Waals surface area contributed by atoms with Gasteiger partial charge in [-0.2, -0.15) is 0 Å². The summed E-state index contributed by atoms with van der Waals surface area (Å²) in [5.41, 5.74) is 3.96. The maximum atomic E-state index is 5.53. The van der Waals surface area contributed by atoms with Crippen molar-refractivity contribution in [2.24, 2.45) is 11.8 Å². The first-order valence-electron chi connectivity index (χ1n) is 7.28. The van der Waals surface area contributed by atoms with E-state index < -0.39 is 0 Å². The molecule has 0 aliphatic carbocycles. The Labute approximate surface area is 118 Å². The maximum absolute atomic E-state index is 5.53. The van der Waals surface area contributed by atoms with E-state index in [1.165, 1.54) is 16.7 Å². The number of rotatable bonds is 7. The number of ether oxygens (including phenoxy) is 1. The van der Waals surface area contributed by atoms with Crippen LogP contribution in [0.1, 0.15) is 37.5 Å². The molecule has 0 amide bonds. The average Bonchev–Trinajstić information content (AvgIpc) is 2.31. The van der Waals surface area contributed by atoms with Gasteiger partial charge in [-0.1, -0.05) is 26.8 Å². The Hall–Kier alpha value is -1.02. The molecule has 0 bridgehead atoms. The molecule has 0 fully saturated rings. The van der Waals surface area contributed by atoms with E-state index in [-0.39, 0.29) is 0 Å². The largest absolute Gasteiger partial charge is 0.496 e. The Kier molecular flexibility index (Phi) is 6.36. The zero-order chi connectivity index (χ0) is 14.4. The van der Waals surface area contributed by atoms with Gasteiger partial charge in [0.25, 0.3) is 0 Å². The van der Waals surface area contributed by atoms with E-state index in [1.54, 1.807) is 7.11 Å². The molecule has 0 radical (unpaired) electrons. The van der Waals surface area contributed by atoms with Gasteiger partial charge in [0.05, 0.1) is 7.11 Å². The molecule has 2 heteroatoms. The summed E-state index contributed by atoms with van der Waals surface area (Å²) in [7, 11) is 1.76. The molecule has 0 aromatic heterocycles. The average molecular weight is 263 g/mol. The van der Waals surface area contributed by atoms with Crippen LogP contribution in [0.4, 0.5) is 0 Å². The van der Waals surface area contributed by atoms with Gasteiger partial charge in [0.2, 0.25) is 0 Å². The summed E-state index contributed by atoms with van der Waals surface area (Å²) >= 11 is 0. The van der Waals surface area contributed by atoms with Gasteiger partial charge >= 0.3 is 0 Å². The molecule has 0 aliphatic rings. The number of aryl methyl sites for hydroxylation is 2. The Balaban J connectivity index is 2.65. The van der Waals surface area contributed by atoms with Crippen LogP contribution < -0.4 is 10.1 Å². The second-order valence-corrected chi connectivity index (χ2v) is 6.12. The summed E-state index contributed by atoms with van der Waals surface area (Å²) in [5.74, 6) is 2.37. The number of nitrogens with one attached hydrogen (secondary N) is 1. The van der Waals surface area contributed by atoms with E-state index in [1.807, 2.05) is 0 Å². The van der Waals surface area contributed by atoms with Crippen molar-refractivity contribution < 1.29 is 4.74 Å². The summed E-state index contributed by atoms with van der Waals surface area (Å²) in [5, 5.41) is 3.53. The van der Waals surface area contributed by atoms with Gasteiger partial charge in [-0.15, -0.1) is 0 Å². The predicted octanol–water partition coefficient (Wildman–Crippen LogP) is 3.74. The van der Waals surface area contributed by atoms with Gasteiger partial charge in [0.1, 0.15) is 5.75 Å². The van der Waals surface area contributed by atoms with Crippen LogP contribution >= 0.6 is 0 Å². The van der Waals surface area contributed by atoms with Gasteiger partial charge in [0.15, 0.2) is 0 Å². The van der Waals surface area contributed by atoms with Crippen molar-refractivity contribution in [3.05, 3.63) is 28.8 Å². The third kappa shape index (κ3) is 5.23. The van der Waals surface area contributed by atoms with Crippen molar-refractivity contribution >= 4 is 0 Å². The summed E-state index contributed by atoms with van der Waals surface area (Å²) in [6.45, 7) is 13.2. The minimum Gasteiger partial charge on any atom is -0.496 e. The van der Waals surface area contributed by atoms with Crippen LogP contribution in [0, 0.1) is 25.7 Å². The second-order valence-electron chi connectivity index (χ2n) is 6.12. The summed E-state index contributed by atoms with van der Waals surface area (Å²) < 4.78 is 5.53. The minimum absolute atomic E-state index is 0.619. The molecule has 1 aromatic carbocycles. The van der Waals surface area contributed by atoms with E-state index in [0.29, 0.717) is 11.8 Å². The van der Waals surface area contributed by atoms with Crippen LogP contribution in [-0.2, 0) is 6.42 Å².